The van der Waals surface area contributed by atoms with E-state index in [9.17, 15) is 9.59 Å². The zero-order chi connectivity index (χ0) is 17.3. The molecule has 3 saturated heterocycles. The second-order valence-corrected chi connectivity index (χ2v) is 7.57. The SMILES string of the molecule is CN1CCN(C(=O)CC[C@H]2CNC(=O)[C@@H]3[C@@H](CCN3C)N2C)CC1. The summed E-state index contributed by atoms with van der Waals surface area (Å²) in [7, 11) is 6.23. The van der Waals surface area contributed by atoms with Crippen LogP contribution >= 0.6 is 0 Å². The first kappa shape index (κ1) is 17.6. The second-order valence-electron chi connectivity index (χ2n) is 7.57. The lowest BCUT2D eigenvalue weighted by molar-refractivity contribution is -0.133. The number of hydrogen-bond donors (Lipinski definition) is 1. The number of nitrogens with zero attached hydrogens (tertiary/aromatic N) is 4. The van der Waals surface area contributed by atoms with Gasteiger partial charge < -0.3 is 15.1 Å². The fraction of sp³-hybridized carbons (Fsp3) is 0.882. The molecule has 7 heteroatoms. The van der Waals surface area contributed by atoms with E-state index in [4.69, 9.17) is 0 Å². The third-order valence-electron chi connectivity index (χ3n) is 6.04. The van der Waals surface area contributed by atoms with Crippen LogP contribution < -0.4 is 5.32 Å². The van der Waals surface area contributed by atoms with Gasteiger partial charge in [-0.1, -0.05) is 0 Å². The molecule has 3 atom stereocenters. The van der Waals surface area contributed by atoms with Crippen LogP contribution in [0.5, 0.6) is 0 Å². The Hall–Kier alpha value is -1.18. The first-order valence-electron chi connectivity index (χ1n) is 9.13. The third-order valence-corrected chi connectivity index (χ3v) is 6.04. The van der Waals surface area contributed by atoms with E-state index in [0.717, 1.165) is 45.6 Å². The molecule has 3 fully saturated rings. The maximum absolute atomic E-state index is 12.5. The van der Waals surface area contributed by atoms with Crippen LogP contribution in [0.4, 0.5) is 0 Å². The zero-order valence-corrected chi connectivity index (χ0v) is 15.2. The van der Waals surface area contributed by atoms with Gasteiger partial charge in [-0.3, -0.25) is 19.4 Å². The molecule has 3 aliphatic heterocycles. The number of fused-ring (bicyclic) bond motifs is 1. The third kappa shape index (κ3) is 3.58. The molecule has 3 aliphatic rings. The Morgan fingerprint density at radius 3 is 2.54 bits per heavy atom. The molecule has 0 saturated carbocycles. The first-order valence-corrected chi connectivity index (χ1v) is 9.13. The van der Waals surface area contributed by atoms with Crippen LogP contribution in [0.25, 0.3) is 0 Å². The van der Waals surface area contributed by atoms with Crippen molar-refractivity contribution < 1.29 is 9.59 Å². The molecule has 0 spiro atoms. The summed E-state index contributed by atoms with van der Waals surface area (Å²) in [5.74, 6) is 0.395. The molecule has 0 aromatic rings. The van der Waals surface area contributed by atoms with Crippen LogP contribution in [0.15, 0.2) is 0 Å². The van der Waals surface area contributed by atoms with Crippen molar-refractivity contribution in [2.45, 2.75) is 37.4 Å². The van der Waals surface area contributed by atoms with Gasteiger partial charge in [0.1, 0.15) is 6.04 Å². The maximum atomic E-state index is 12.5. The normalized spacial score (nSPS) is 33.2. The van der Waals surface area contributed by atoms with Crippen LogP contribution in [-0.4, -0.2) is 110 Å². The monoisotopic (exact) mass is 337 g/mol. The Kier molecular flexibility index (Phi) is 5.42. The summed E-state index contributed by atoms with van der Waals surface area (Å²) in [5.41, 5.74) is 0. The predicted molar refractivity (Wildman–Crippen MR) is 92.7 cm³/mol. The number of piperazine rings is 1. The summed E-state index contributed by atoms with van der Waals surface area (Å²) in [4.78, 5) is 33.6. The average Bonchev–Trinajstić information content (AvgIpc) is 2.90. The predicted octanol–water partition coefficient (Wildman–Crippen LogP) is -0.956. The first-order chi connectivity index (χ1) is 11.5. The Balaban J connectivity index is 1.55. The molecule has 0 unspecified atom stereocenters. The van der Waals surface area contributed by atoms with Crippen LogP contribution in [-0.2, 0) is 9.59 Å². The fourth-order valence-electron chi connectivity index (χ4n) is 4.28. The molecule has 2 amide bonds. The highest BCUT2D eigenvalue weighted by molar-refractivity contribution is 5.83. The van der Waals surface area contributed by atoms with Crippen LogP contribution in [0.3, 0.4) is 0 Å². The molecule has 0 aromatic heterocycles. The topological polar surface area (TPSA) is 59.1 Å². The number of carbonyl (C=O) groups is 2. The number of likely N-dealkylation sites (tertiary alicyclic amines) is 1. The number of amides is 2. The molecule has 0 bridgehead atoms. The smallest absolute Gasteiger partial charge is 0.239 e. The number of rotatable bonds is 3. The molecular weight excluding hydrogens is 306 g/mol. The molecule has 7 nitrogen and oxygen atoms in total. The molecule has 0 radical (unpaired) electrons. The Bertz CT molecular complexity index is 478. The van der Waals surface area contributed by atoms with Crippen molar-refractivity contribution in [2.24, 2.45) is 0 Å². The van der Waals surface area contributed by atoms with Crippen molar-refractivity contribution in [2.75, 3.05) is 60.4 Å². The Morgan fingerprint density at radius 1 is 1.12 bits per heavy atom. The van der Waals surface area contributed by atoms with E-state index in [2.05, 4.69) is 34.1 Å². The number of likely N-dealkylation sites (N-methyl/N-ethyl adjacent to an activating group) is 3. The lowest BCUT2D eigenvalue weighted by Gasteiger charge is -2.34. The van der Waals surface area contributed by atoms with Gasteiger partial charge in [-0.15, -0.1) is 0 Å². The van der Waals surface area contributed by atoms with Gasteiger partial charge in [0.2, 0.25) is 11.8 Å². The van der Waals surface area contributed by atoms with Crippen molar-refractivity contribution in [1.82, 2.24) is 24.9 Å². The Labute approximate surface area is 144 Å². The summed E-state index contributed by atoms with van der Waals surface area (Å²) >= 11 is 0. The van der Waals surface area contributed by atoms with Gasteiger partial charge in [0.15, 0.2) is 0 Å². The van der Waals surface area contributed by atoms with Crippen molar-refractivity contribution in [3.63, 3.8) is 0 Å². The summed E-state index contributed by atoms with van der Waals surface area (Å²) in [6.45, 7) is 5.19. The van der Waals surface area contributed by atoms with E-state index >= 15 is 0 Å². The lowest BCUT2D eigenvalue weighted by atomic mass is 10.0. The quantitative estimate of drug-likeness (QED) is 0.719. The molecule has 1 N–H and O–H groups in total. The summed E-state index contributed by atoms with van der Waals surface area (Å²) in [6.07, 6.45) is 2.41. The summed E-state index contributed by atoms with van der Waals surface area (Å²) in [5, 5.41) is 3.08. The minimum atomic E-state index is -0.0478. The van der Waals surface area contributed by atoms with Gasteiger partial charge in [-0.2, -0.15) is 0 Å². The summed E-state index contributed by atoms with van der Waals surface area (Å²) < 4.78 is 0. The Morgan fingerprint density at radius 2 is 1.83 bits per heavy atom. The van der Waals surface area contributed by atoms with E-state index < -0.39 is 0 Å². The highest BCUT2D eigenvalue weighted by Gasteiger charge is 2.43. The van der Waals surface area contributed by atoms with Gasteiger partial charge in [0.25, 0.3) is 0 Å². The zero-order valence-electron chi connectivity index (χ0n) is 15.2. The number of carbonyl (C=O) groups excluding carboxylic acids is 2. The minimum absolute atomic E-state index is 0.0478. The van der Waals surface area contributed by atoms with Crippen LogP contribution in [0.2, 0.25) is 0 Å². The van der Waals surface area contributed by atoms with Gasteiger partial charge in [0, 0.05) is 57.8 Å². The van der Waals surface area contributed by atoms with E-state index in [1.54, 1.807) is 0 Å². The van der Waals surface area contributed by atoms with Crippen molar-refractivity contribution in [3.8, 4) is 0 Å². The standard InChI is InChI=1S/C17H31N5O2/c1-19-8-10-22(11-9-19)15(23)5-4-13-12-18-17(24)16-14(21(13)3)6-7-20(16)2/h13-14,16H,4-12H2,1-3H3,(H,18,24)/t13-,14+,16-/m0/s1. The molecule has 0 aliphatic carbocycles. The largest absolute Gasteiger partial charge is 0.353 e. The number of hydrogen-bond acceptors (Lipinski definition) is 5. The maximum Gasteiger partial charge on any atom is 0.239 e. The molecule has 0 aromatic carbocycles. The molecule has 3 rings (SSSR count). The van der Waals surface area contributed by atoms with Crippen molar-refractivity contribution >= 4 is 11.8 Å². The summed E-state index contributed by atoms with van der Waals surface area (Å²) in [6, 6.07) is 0.460. The highest BCUT2D eigenvalue weighted by atomic mass is 16.2. The molecule has 24 heavy (non-hydrogen) atoms. The van der Waals surface area contributed by atoms with Gasteiger partial charge >= 0.3 is 0 Å². The van der Waals surface area contributed by atoms with Crippen LogP contribution in [0, 0.1) is 0 Å². The molecule has 136 valence electrons. The fourth-order valence-corrected chi connectivity index (χ4v) is 4.28. The van der Waals surface area contributed by atoms with Gasteiger partial charge in [-0.25, -0.2) is 0 Å². The molecular formula is C17H31N5O2. The van der Waals surface area contributed by atoms with Gasteiger partial charge in [-0.05, 0) is 34.0 Å². The van der Waals surface area contributed by atoms with Crippen molar-refractivity contribution in [3.05, 3.63) is 0 Å². The minimum Gasteiger partial charge on any atom is -0.353 e. The van der Waals surface area contributed by atoms with Crippen LogP contribution in [0.1, 0.15) is 19.3 Å². The van der Waals surface area contributed by atoms with E-state index in [1.807, 2.05) is 11.9 Å². The lowest BCUT2D eigenvalue weighted by Crippen LogP contribution is -2.49. The second kappa shape index (κ2) is 7.37. The van der Waals surface area contributed by atoms with Gasteiger partial charge in [0.05, 0.1) is 0 Å². The highest BCUT2D eigenvalue weighted by Crippen LogP contribution is 2.26. The van der Waals surface area contributed by atoms with E-state index in [-0.39, 0.29) is 29.9 Å². The van der Waals surface area contributed by atoms with E-state index in [1.165, 1.54) is 0 Å². The number of nitrogens with one attached hydrogen (secondary N) is 1. The van der Waals surface area contributed by atoms with Crippen molar-refractivity contribution in [1.29, 1.82) is 0 Å². The average molecular weight is 337 g/mol. The van der Waals surface area contributed by atoms with E-state index in [0.29, 0.717) is 13.0 Å². The molecule has 3 heterocycles.